The fraction of sp³-hybridized carbons (Fsp3) is 0.478. The molecule has 2 heteroatoms. The first kappa shape index (κ1) is 14.4. The molecule has 0 saturated heterocycles. The molecule has 2 nitrogen and oxygen atoms in total. The van der Waals surface area contributed by atoms with Crippen LogP contribution in [0.3, 0.4) is 0 Å². The number of para-hydroxylation sites is 1. The van der Waals surface area contributed by atoms with Crippen LogP contribution in [0.4, 0.5) is 11.5 Å². The Morgan fingerprint density at radius 1 is 0.920 bits per heavy atom. The van der Waals surface area contributed by atoms with Crippen LogP contribution in [0.2, 0.25) is 0 Å². The lowest BCUT2D eigenvalue weighted by molar-refractivity contribution is -0.0431. The topological polar surface area (TPSA) is 16.1 Å². The molecule has 4 saturated carbocycles. The maximum absolute atomic E-state index is 4.86. The molecule has 5 aliphatic rings. The molecular weight excluding hydrogens is 304 g/mol. The van der Waals surface area contributed by atoms with Gasteiger partial charge in [0.2, 0.25) is 0 Å². The highest BCUT2D eigenvalue weighted by Crippen LogP contribution is 2.67. The van der Waals surface area contributed by atoms with Gasteiger partial charge in [-0.1, -0.05) is 24.3 Å². The van der Waals surface area contributed by atoms with Gasteiger partial charge < -0.3 is 4.90 Å². The monoisotopic (exact) mass is 329 g/mol. The number of anilines is 2. The molecule has 4 aliphatic carbocycles. The number of aryl methyl sites for hydroxylation is 1. The van der Waals surface area contributed by atoms with E-state index in [1.165, 1.54) is 54.7 Å². The molecule has 1 aromatic carbocycles. The van der Waals surface area contributed by atoms with Gasteiger partial charge in [0.15, 0.2) is 0 Å². The molecule has 4 bridgehead atoms. The predicted molar refractivity (Wildman–Crippen MR) is 101 cm³/mol. The number of benzene rings is 1. The average Bonchev–Trinajstić information content (AvgIpc) is 2.96. The van der Waals surface area contributed by atoms with E-state index in [1.54, 1.807) is 0 Å². The molecule has 0 N–H and O–H groups in total. The Balaban J connectivity index is 1.53. The molecule has 0 atom stereocenters. The summed E-state index contributed by atoms with van der Waals surface area (Å²) in [5.74, 6) is 4.81. The van der Waals surface area contributed by atoms with Crippen molar-refractivity contribution < 1.29 is 0 Å². The molecule has 1 aliphatic heterocycles. The standard InChI is InChI=1S/C23H25N2/c1-15-5-2-3-7-21(15)25-14-23(20-6-4-8-24-22(20)25)18-10-16-9-17(12-18)13-19(23)11-16/h2-8,14,16-19H,9-13H2,1H3. The summed E-state index contributed by atoms with van der Waals surface area (Å²) in [6.45, 7) is 4.81. The molecule has 2 aromatic rings. The van der Waals surface area contributed by atoms with Gasteiger partial charge in [0, 0.05) is 22.9 Å². The fourth-order valence-corrected chi connectivity index (χ4v) is 6.90. The van der Waals surface area contributed by atoms with Gasteiger partial charge >= 0.3 is 0 Å². The van der Waals surface area contributed by atoms with Gasteiger partial charge in [-0.15, -0.1) is 0 Å². The molecule has 2 heterocycles. The second kappa shape index (κ2) is 4.87. The third-order valence-electron chi connectivity index (χ3n) is 7.69. The van der Waals surface area contributed by atoms with Crippen molar-refractivity contribution in [3.8, 4) is 0 Å². The molecule has 0 amide bonds. The van der Waals surface area contributed by atoms with Crippen LogP contribution in [0.15, 0.2) is 42.6 Å². The van der Waals surface area contributed by atoms with Crippen molar-refractivity contribution in [3.05, 3.63) is 60.3 Å². The molecule has 1 radical (unpaired) electrons. The third-order valence-corrected chi connectivity index (χ3v) is 7.69. The number of pyridine rings is 1. The average molecular weight is 329 g/mol. The van der Waals surface area contributed by atoms with Gasteiger partial charge in [-0.25, -0.2) is 4.98 Å². The summed E-state index contributed by atoms with van der Waals surface area (Å²) >= 11 is 0. The van der Waals surface area contributed by atoms with E-state index in [-0.39, 0.29) is 5.41 Å². The number of aromatic nitrogens is 1. The Morgan fingerprint density at radius 3 is 2.36 bits per heavy atom. The Bertz CT molecular complexity index is 811. The van der Waals surface area contributed by atoms with Gasteiger partial charge in [0.05, 0.1) is 6.54 Å². The third kappa shape index (κ3) is 1.78. The van der Waals surface area contributed by atoms with Gasteiger partial charge in [0.1, 0.15) is 5.82 Å². The quantitative estimate of drug-likeness (QED) is 0.696. The van der Waals surface area contributed by atoms with Gasteiger partial charge in [-0.3, -0.25) is 0 Å². The molecule has 4 fully saturated rings. The number of nitrogens with zero attached hydrogens (tertiary/aromatic N) is 2. The molecule has 1 aromatic heterocycles. The summed E-state index contributed by atoms with van der Waals surface area (Å²) in [6.07, 6.45) is 9.19. The molecule has 1 spiro atoms. The summed E-state index contributed by atoms with van der Waals surface area (Å²) in [5.41, 5.74) is 4.37. The Labute approximate surface area is 150 Å². The van der Waals surface area contributed by atoms with E-state index in [2.05, 4.69) is 54.8 Å². The first-order valence-electron chi connectivity index (χ1n) is 9.92. The highest BCUT2D eigenvalue weighted by Gasteiger charge is 2.62. The lowest BCUT2D eigenvalue weighted by Gasteiger charge is -2.60. The van der Waals surface area contributed by atoms with Crippen molar-refractivity contribution in [2.75, 3.05) is 4.90 Å². The minimum absolute atomic E-state index is 0.235. The zero-order valence-electron chi connectivity index (χ0n) is 14.9. The second-order valence-corrected chi connectivity index (χ2v) is 8.90. The van der Waals surface area contributed by atoms with E-state index in [9.17, 15) is 0 Å². The minimum Gasteiger partial charge on any atom is -0.320 e. The van der Waals surface area contributed by atoms with Crippen LogP contribution in [0.5, 0.6) is 0 Å². The SMILES string of the molecule is Cc1ccccc1N1[CH]C2(c3cccnc31)C1CC3CC(C1)CC2C3. The van der Waals surface area contributed by atoms with E-state index in [4.69, 9.17) is 4.98 Å². The van der Waals surface area contributed by atoms with Crippen LogP contribution in [0.1, 0.15) is 43.2 Å². The van der Waals surface area contributed by atoms with Crippen molar-refractivity contribution in [1.29, 1.82) is 0 Å². The van der Waals surface area contributed by atoms with Gasteiger partial charge in [0.25, 0.3) is 0 Å². The summed E-state index contributed by atoms with van der Waals surface area (Å²) in [6, 6.07) is 13.3. The number of hydrogen-bond donors (Lipinski definition) is 0. The normalized spacial score (nSPS) is 37.7. The largest absolute Gasteiger partial charge is 0.320 e. The molecule has 25 heavy (non-hydrogen) atoms. The van der Waals surface area contributed by atoms with Crippen LogP contribution in [0, 0.1) is 37.1 Å². The first-order chi connectivity index (χ1) is 12.3. The number of hydrogen-bond acceptors (Lipinski definition) is 2. The van der Waals surface area contributed by atoms with E-state index in [0.29, 0.717) is 0 Å². The van der Waals surface area contributed by atoms with Crippen molar-refractivity contribution in [2.45, 2.75) is 44.4 Å². The lowest BCUT2D eigenvalue weighted by Crippen LogP contribution is -2.55. The van der Waals surface area contributed by atoms with Crippen molar-refractivity contribution in [2.24, 2.45) is 23.7 Å². The van der Waals surface area contributed by atoms with Crippen molar-refractivity contribution in [3.63, 3.8) is 0 Å². The van der Waals surface area contributed by atoms with Gasteiger partial charge in [-0.05, 0) is 80.4 Å². The molecule has 7 rings (SSSR count). The summed E-state index contributed by atoms with van der Waals surface area (Å²) in [4.78, 5) is 7.28. The number of rotatable bonds is 1. The Kier molecular flexibility index (Phi) is 2.80. The lowest BCUT2D eigenvalue weighted by atomic mass is 9.44. The summed E-state index contributed by atoms with van der Waals surface area (Å²) < 4.78 is 0. The maximum Gasteiger partial charge on any atom is 0.137 e. The van der Waals surface area contributed by atoms with Crippen LogP contribution in [-0.4, -0.2) is 4.98 Å². The van der Waals surface area contributed by atoms with Crippen LogP contribution in [-0.2, 0) is 5.41 Å². The minimum atomic E-state index is 0.235. The summed E-state index contributed by atoms with van der Waals surface area (Å²) in [7, 11) is 0. The van der Waals surface area contributed by atoms with Crippen molar-refractivity contribution >= 4 is 11.5 Å². The van der Waals surface area contributed by atoms with E-state index in [0.717, 1.165) is 23.7 Å². The zero-order chi connectivity index (χ0) is 16.6. The maximum atomic E-state index is 4.86. The fourth-order valence-electron chi connectivity index (χ4n) is 6.90. The highest BCUT2D eigenvalue weighted by atomic mass is 15.2. The van der Waals surface area contributed by atoms with E-state index >= 15 is 0 Å². The van der Waals surface area contributed by atoms with Crippen LogP contribution in [0.25, 0.3) is 0 Å². The highest BCUT2D eigenvalue weighted by molar-refractivity contribution is 5.74. The predicted octanol–water partition coefficient (Wildman–Crippen LogP) is 5.40. The van der Waals surface area contributed by atoms with Crippen molar-refractivity contribution in [1.82, 2.24) is 4.98 Å². The zero-order valence-corrected chi connectivity index (χ0v) is 14.9. The first-order valence-corrected chi connectivity index (χ1v) is 9.92. The number of fused-ring (bicyclic) bond motifs is 1. The Hall–Kier alpha value is -1.83. The Morgan fingerprint density at radius 2 is 1.64 bits per heavy atom. The second-order valence-electron chi connectivity index (χ2n) is 8.90. The van der Waals surface area contributed by atoms with Crippen LogP contribution >= 0.6 is 0 Å². The van der Waals surface area contributed by atoms with Gasteiger partial charge in [-0.2, -0.15) is 0 Å². The van der Waals surface area contributed by atoms with E-state index in [1.807, 2.05) is 6.20 Å². The summed E-state index contributed by atoms with van der Waals surface area (Å²) in [5, 5.41) is 0. The van der Waals surface area contributed by atoms with Crippen LogP contribution < -0.4 is 4.90 Å². The molecular formula is C23H25N2. The van der Waals surface area contributed by atoms with E-state index < -0.39 is 0 Å². The smallest absolute Gasteiger partial charge is 0.137 e. The molecule has 127 valence electrons. The molecule has 0 unspecified atom stereocenters.